The fourth-order valence-corrected chi connectivity index (χ4v) is 2.29. The summed E-state index contributed by atoms with van der Waals surface area (Å²) in [5, 5.41) is 10.5. The number of hydrogen-bond acceptors (Lipinski definition) is 3. The number of guanidine groups is 1. The van der Waals surface area contributed by atoms with Crippen molar-refractivity contribution in [2.45, 2.75) is 32.6 Å². The molecule has 0 fully saturated rings. The number of aryl methyl sites for hydroxylation is 1. The van der Waals surface area contributed by atoms with Crippen molar-refractivity contribution in [2.24, 2.45) is 4.99 Å². The van der Waals surface area contributed by atoms with Crippen molar-refractivity contribution in [2.75, 3.05) is 19.7 Å². The van der Waals surface area contributed by atoms with Gasteiger partial charge >= 0.3 is 6.18 Å². The first-order chi connectivity index (χ1) is 13.0. The largest absolute Gasteiger partial charge is 0.484 e. The van der Waals surface area contributed by atoms with E-state index >= 15 is 0 Å². The SMILES string of the molecule is CCNC(=NCc1cccc(OCC(F)(F)F)c1)NCCCn1cccn1. The van der Waals surface area contributed by atoms with Gasteiger partial charge in [0.2, 0.25) is 0 Å². The molecule has 27 heavy (non-hydrogen) atoms. The smallest absolute Gasteiger partial charge is 0.422 e. The molecule has 9 heteroatoms. The average Bonchev–Trinajstić information content (AvgIpc) is 3.15. The van der Waals surface area contributed by atoms with Crippen molar-refractivity contribution < 1.29 is 17.9 Å². The molecule has 2 N–H and O–H groups in total. The van der Waals surface area contributed by atoms with Gasteiger partial charge < -0.3 is 15.4 Å². The van der Waals surface area contributed by atoms with Crippen molar-refractivity contribution in [3.8, 4) is 5.75 Å². The van der Waals surface area contributed by atoms with E-state index in [1.54, 1.807) is 24.4 Å². The van der Waals surface area contributed by atoms with Crippen LogP contribution in [0.25, 0.3) is 0 Å². The maximum absolute atomic E-state index is 12.2. The molecule has 0 aliphatic heterocycles. The topological polar surface area (TPSA) is 63.5 Å². The lowest BCUT2D eigenvalue weighted by Gasteiger charge is -2.12. The van der Waals surface area contributed by atoms with Crippen LogP contribution in [0, 0.1) is 0 Å². The van der Waals surface area contributed by atoms with Crippen LogP contribution in [0.5, 0.6) is 5.75 Å². The first kappa shape index (κ1) is 20.6. The molecule has 0 amide bonds. The molecule has 2 aromatic rings. The molecule has 0 atom stereocenters. The zero-order chi connectivity index (χ0) is 19.5. The number of halogens is 3. The summed E-state index contributed by atoms with van der Waals surface area (Å²) < 4.78 is 43.4. The number of rotatable bonds is 9. The van der Waals surface area contributed by atoms with Gasteiger partial charge in [-0.2, -0.15) is 18.3 Å². The Kier molecular flexibility index (Phi) is 7.97. The third kappa shape index (κ3) is 8.48. The van der Waals surface area contributed by atoms with E-state index in [1.807, 2.05) is 23.9 Å². The summed E-state index contributed by atoms with van der Waals surface area (Å²) in [4.78, 5) is 4.46. The maximum Gasteiger partial charge on any atom is 0.422 e. The number of aromatic nitrogens is 2. The zero-order valence-corrected chi connectivity index (χ0v) is 15.2. The molecule has 2 rings (SSSR count). The van der Waals surface area contributed by atoms with Gasteiger partial charge in [-0.05, 0) is 37.1 Å². The third-order valence-electron chi connectivity index (χ3n) is 3.48. The van der Waals surface area contributed by atoms with E-state index in [0.29, 0.717) is 19.0 Å². The molecule has 1 heterocycles. The molecule has 0 spiro atoms. The van der Waals surface area contributed by atoms with Crippen molar-refractivity contribution >= 4 is 5.96 Å². The predicted octanol–water partition coefficient (Wildman–Crippen LogP) is 2.97. The van der Waals surface area contributed by atoms with Crippen molar-refractivity contribution in [1.29, 1.82) is 0 Å². The zero-order valence-electron chi connectivity index (χ0n) is 15.2. The number of nitrogens with zero attached hydrogens (tertiary/aromatic N) is 3. The molecule has 0 aliphatic carbocycles. The second kappa shape index (κ2) is 10.4. The van der Waals surface area contributed by atoms with E-state index in [2.05, 4.69) is 20.7 Å². The van der Waals surface area contributed by atoms with Gasteiger partial charge in [0, 0.05) is 32.0 Å². The van der Waals surface area contributed by atoms with Crippen LogP contribution >= 0.6 is 0 Å². The van der Waals surface area contributed by atoms with Gasteiger partial charge in [0.05, 0.1) is 6.54 Å². The van der Waals surface area contributed by atoms with Gasteiger partial charge in [0.15, 0.2) is 12.6 Å². The Morgan fingerprint density at radius 3 is 2.81 bits per heavy atom. The number of aliphatic imine (C=N–C) groups is 1. The van der Waals surface area contributed by atoms with E-state index in [9.17, 15) is 13.2 Å². The minimum atomic E-state index is -4.35. The summed E-state index contributed by atoms with van der Waals surface area (Å²) in [6.07, 6.45) is 0.179. The van der Waals surface area contributed by atoms with Crippen LogP contribution in [0.15, 0.2) is 47.7 Å². The summed E-state index contributed by atoms with van der Waals surface area (Å²) in [5.41, 5.74) is 0.767. The monoisotopic (exact) mass is 383 g/mol. The van der Waals surface area contributed by atoms with Gasteiger partial charge in [0.25, 0.3) is 0 Å². The van der Waals surface area contributed by atoms with E-state index in [4.69, 9.17) is 4.74 Å². The lowest BCUT2D eigenvalue weighted by atomic mass is 10.2. The van der Waals surface area contributed by atoms with E-state index in [1.165, 1.54) is 6.07 Å². The van der Waals surface area contributed by atoms with Gasteiger partial charge in [0.1, 0.15) is 5.75 Å². The Bertz CT molecular complexity index is 701. The quantitative estimate of drug-likeness (QED) is 0.397. The molecule has 148 valence electrons. The molecule has 0 bridgehead atoms. The summed E-state index contributed by atoms with van der Waals surface area (Å²) >= 11 is 0. The van der Waals surface area contributed by atoms with Crippen LogP contribution in [-0.4, -0.2) is 41.6 Å². The van der Waals surface area contributed by atoms with Gasteiger partial charge in [-0.1, -0.05) is 12.1 Å². The highest BCUT2D eigenvalue weighted by Gasteiger charge is 2.28. The minimum Gasteiger partial charge on any atom is -0.484 e. The first-order valence-corrected chi connectivity index (χ1v) is 8.74. The Hall–Kier alpha value is -2.71. The summed E-state index contributed by atoms with van der Waals surface area (Å²) in [5.74, 6) is 0.830. The maximum atomic E-state index is 12.2. The van der Waals surface area contributed by atoms with Crippen molar-refractivity contribution in [3.05, 3.63) is 48.3 Å². The Morgan fingerprint density at radius 2 is 2.11 bits per heavy atom. The minimum absolute atomic E-state index is 0.178. The average molecular weight is 383 g/mol. The molecular formula is C18H24F3N5O. The van der Waals surface area contributed by atoms with Gasteiger partial charge in [-0.15, -0.1) is 0 Å². The Balaban J connectivity index is 1.83. The highest BCUT2D eigenvalue weighted by atomic mass is 19.4. The fraction of sp³-hybridized carbons (Fsp3) is 0.444. The highest BCUT2D eigenvalue weighted by Crippen LogP contribution is 2.19. The number of hydrogen-bond donors (Lipinski definition) is 2. The standard InChI is InChI=1S/C18H24F3N5O/c1-2-22-17(23-8-4-10-26-11-5-9-25-26)24-13-15-6-3-7-16(12-15)27-14-18(19,20)21/h3,5-7,9,11-12H,2,4,8,10,13-14H2,1H3,(H2,22,23,24). The normalized spacial score (nSPS) is 12.1. The summed E-state index contributed by atoms with van der Waals surface area (Å²) in [7, 11) is 0. The molecule has 0 saturated heterocycles. The Morgan fingerprint density at radius 1 is 1.26 bits per heavy atom. The fourth-order valence-electron chi connectivity index (χ4n) is 2.29. The lowest BCUT2D eigenvalue weighted by Crippen LogP contribution is -2.38. The lowest BCUT2D eigenvalue weighted by molar-refractivity contribution is -0.153. The molecule has 0 unspecified atom stereocenters. The molecule has 0 saturated carbocycles. The van der Waals surface area contributed by atoms with Crippen LogP contribution in [0.3, 0.4) is 0 Å². The molecule has 6 nitrogen and oxygen atoms in total. The highest BCUT2D eigenvalue weighted by molar-refractivity contribution is 5.79. The van der Waals surface area contributed by atoms with Crippen LogP contribution in [0.2, 0.25) is 0 Å². The molecule has 1 aromatic carbocycles. The van der Waals surface area contributed by atoms with Crippen LogP contribution in [-0.2, 0) is 13.1 Å². The Labute approximate surface area is 156 Å². The van der Waals surface area contributed by atoms with Crippen molar-refractivity contribution in [3.63, 3.8) is 0 Å². The number of alkyl halides is 3. The van der Waals surface area contributed by atoms with Gasteiger partial charge in [-0.25, -0.2) is 4.99 Å². The number of ether oxygens (including phenoxy) is 1. The molecule has 0 aliphatic rings. The third-order valence-corrected chi connectivity index (χ3v) is 3.48. The molecule has 0 radical (unpaired) electrons. The van der Waals surface area contributed by atoms with E-state index in [-0.39, 0.29) is 5.75 Å². The second-order valence-corrected chi connectivity index (χ2v) is 5.80. The van der Waals surface area contributed by atoms with Gasteiger partial charge in [-0.3, -0.25) is 4.68 Å². The number of nitrogens with one attached hydrogen (secondary N) is 2. The van der Waals surface area contributed by atoms with E-state index < -0.39 is 12.8 Å². The van der Waals surface area contributed by atoms with Crippen LogP contribution < -0.4 is 15.4 Å². The van der Waals surface area contributed by atoms with Crippen molar-refractivity contribution in [1.82, 2.24) is 20.4 Å². The first-order valence-electron chi connectivity index (χ1n) is 8.74. The molecule has 1 aromatic heterocycles. The van der Waals surface area contributed by atoms with Crippen LogP contribution in [0.1, 0.15) is 18.9 Å². The predicted molar refractivity (Wildman–Crippen MR) is 97.7 cm³/mol. The summed E-state index contributed by atoms with van der Waals surface area (Å²) in [6.45, 7) is 3.22. The van der Waals surface area contributed by atoms with E-state index in [0.717, 1.165) is 25.1 Å². The van der Waals surface area contributed by atoms with Crippen LogP contribution in [0.4, 0.5) is 13.2 Å². The second-order valence-electron chi connectivity index (χ2n) is 5.80. The summed E-state index contributed by atoms with van der Waals surface area (Å²) in [6, 6.07) is 8.39. The number of benzene rings is 1. The molecular weight excluding hydrogens is 359 g/mol.